The van der Waals surface area contributed by atoms with Crippen molar-refractivity contribution >= 4 is 39.6 Å². The molecule has 10 heteroatoms. The summed E-state index contributed by atoms with van der Waals surface area (Å²) < 4.78 is 3.18. The van der Waals surface area contributed by atoms with E-state index in [-0.39, 0.29) is 24.6 Å². The van der Waals surface area contributed by atoms with Gasteiger partial charge >= 0.3 is 0 Å². The summed E-state index contributed by atoms with van der Waals surface area (Å²) in [4.78, 5) is 35.7. The van der Waals surface area contributed by atoms with Gasteiger partial charge in [-0.3, -0.25) is 9.59 Å². The van der Waals surface area contributed by atoms with Crippen molar-refractivity contribution in [2.75, 3.05) is 6.54 Å². The number of carbonyl (C=O) groups is 1. The first kappa shape index (κ1) is 21.2. The predicted octanol–water partition coefficient (Wildman–Crippen LogP) is 3.57. The van der Waals surface area contributed by atoms with Crippen molar-refractivity contribution in [3.05, 3.63) is 76.3 Å². The maximum absolute atomic E-state index is 12.4. The van der Waals surface area contributed by atoms with E-state index in [4.69, 9.17) is 0 Å². The Morgan fingerprint density at radius 3 is 2.85 bits per heavy atom. The number of carbonyl (C=O) groups excluding carboxylic acids is 1. The number of para-hydroxylation sites is 2. The van der Waals surface area contributed by atoms with E-state index in [1.807, 2.05) is 48.7 Å². The fourth-order valence-electron chi connectivity index (χ4n) is 3.52. The zero-order valence-electron chi connectivity index (χ0n) is 17.8. The Bertz CT molecular complexity index is 1480. The van der Waals surface area contributed by atoms with Crippen molar-refractivity contribution < 1.29 is 4.79 Å². The summed E-state index contributed by atoms with van der Waals surface area (Å²) in [5, 5.41) is 10.3. The Balaban J connectivity index is 1.26. The van der Waals surface area contributed by atoms with E-state index in [1.165, 1.54) is 10.7 Å². The highest BCUT2D eigenvalue weighted by Crippen LogP contribution is 2.35. The highest BCUT2D eigenvalue weighted by molar-refractivity contribution is 7.23. The molecule has 0 bridgehead atoms. The molecule has 1 amide bonds. The second kappa shape index (κ2) is 9.08. The van der Waals surface area contributed by atoms with Crippen LogP contribution in [-0.4, -0.2) is 36.8 Å². The van der Waals surface area contributed by atoms with Crippen molar-refractivity contribution in [1.82, 2.24) is 29.6 Å². The van der Waals surface area contributed by atoms with Gasteiger partial charge in [0.15, 0.2) is 0 Å². The molecule has 0 aliphatic rings. The van der Waals surface area contributed by atoms with Crippen LogP contribution in [0.1, 0.15) is 5.69 Å². The van der Waals surface area contributed by atoms with Gasteiger partial charge in [-0.2, -0.15) is 5.10 Å². The summed E-state index contributed by atoms with van der Waals surface area (Å²) in [6, 6.07) is 14.9. The first-order valence-electron chi connectivity index (χ1n) is 10.3. The van der Waals surface area contributed by atoms with Crippen LogP contribution in [-0.2, 0) is 17.9 Å². The van der Waals surface area contributed by atoms with E-state index < -0.39 is 0 Å². The Morgan fingerprint density at radius 2 is 2.00 bits per heavy atom. The molecule has 1 aromatic carbocycles. The molecule has 0 saturated heterocycles. The van der Waals surface area contributed by atoms with Crippen LogP contribution in [0.25, 0.3) is 31.5 Å². The van der Waals surface area contributed by atoms with Gasteiger partial charge in [-0.15, -0.1) is 22.7 Å². The SMILES string of the molecule is Cc1nc(-c2cccs2)sc1-c1ccc(=O)n(CCNC(=O)Cn2cnc3ccccc32)n1. The third-order valence-corrected chi connectivity index (χ3v) is 7.33. The number of hydrogen-bond donors (Lipinski definition) is 1. The number of thiophene rings is 1. The van der Waals surface area contributed by atoms with Crippen LogP contribution >= 0.6 is 22.7 Å². The van der Waals surface area contributed by atoms with E-state index in [0.717, 1.165) is 31.5 Å². The van der Waals surface area contributed by atoms with Gasteiger partial charge in [0.2, 0.25) is 5.91 Å². The fourth-order valence-corrected chi connectivity index (χ4v) is 5.35. The van der Waals surface area contributed by atoms with Crippen molar-refractivity contribution in [3.63, 3.8) is 0 Å². The number of nitrogens with one attached hydrogen (secondary N) is 1. The standard InChI is InChI=1S/C23H20N6O2S2/c1-15-22(33-23(26-15)19-7-4-12-32-19)17-8-9-21(31)29(27-17)11-10-24-20(30)13-28-14-25-16-5-2-3-6-18(16)28/h2-9,12,14H,10-11,13H2,1H3,(H,24,30). The van der Waals surface area contributed by atoms with E-state index in [9.17, 15) is 9.59 Å². The van der Waals surface area contributed by atoms with E-state index in [0.29, 0.717) is 12.2 Å². The third kappa shape index (κ3) is 4.48. The van der Waals surface area contributed by atoms with Gasteiger partial charge < -0.3 is 9.88 Å². The number of nitrogens with zero attached hydrogens (tertiary/aromatic N) is 5. The quantitative estimate of drug-likeness (QED) is 0.388. The summed E-state index contributed by atoms with van der Waals surface area (Å²) >= 11 is 3.20. The molecular formula is C23H20N6O2S2. The predicted molar refractivity (Wildman–Crippen MR) is 130 cm³/mol. The average Bonchev–Trinajstić information content (AvgIpc) is 3.56. The smallest absolute Gasteiger partial charge is 0.266 e. The van der Waals surface area contributed by atoms with Crippen LogP contribution in [0.15, 0.2) is 65.0 Å². The summed E-state index contributed by atoms with van der Waals surface area (Å²) in [6.07, 6.45) is 1.65. The van der Waals surface area contributed by atoms with Crippen LogP contribution < -0.4 is 10.9 Å². The minimum atomic E-state index is -0.214. The summed E-state index contributed by atoms with van der Waals surface area (Å²) in [5.41, 5.74) is 3.11. The number of aryl methyl sites for hydroxylation is 1. The highest BCUT2D eigenvalue weighted by Gasteiger charge is 2.14. The topological polar surface area (TPSA) is 94.7 Å². The molecule has 0 atom stereocenters. The molecule has 4 aromatic heterocycles. The molecule has 0 unspecified atom stereocenters. The summed E-state index contributed by atoms with van der Waals surface area (Å²) in [6.45, 7) is 2.68. The third-order valence-electron chi connectivity index (χ3n) is 5.11. The number of thiazole rings is 1. The number of imidazole rings is 1. The van der Waals surface area contributed by atoms with Gasteiger partial charge in [-0.25, -0.2) is 14.6 Å². The van der Waals surface area contributed by atoms with Crippen molar-refractivity contribution in [1.29, 1.82) is 0 Å². The van der Waals surface area contributed by atoms with Gasteiger partial charge in [0.1, 0.15) is 17.2 Å². The van der Waals surface area contributed by atoms with Gasteiger partial charge in [-0.05, 0) is 36.6 Å². The number of rotatable bonds is 7. The molecule has 33 heavy (non-hydrogen) atoms. The zero-order chi connectivity index (χ0) is 22.8. The maximum Gasteiger partial charge on any atom is 0.266 e. The van der Waals surface area contributed by atoms with Crippen LogP contribution in [0.2, 0.25) is 0 Å². The lowest BCUT2D eigenvalue weighted by Crippen LogP contribution is -2.33. The maximum atomic E-state index is 12.4. The van der Waals surface area contributed by atoms with Gasteiger partial charge in [0.05, 0.1) is 39.4 Å². The lowest BCUT2D eigenvalue weighted by atomic mass is 10.3. The molecule has 4 heterocycles. The summed E-state index contributed by atoms with van der Waals surface area (Å²) in [7, 11) is 0. The molecule has 5 rings (SSSR count). The number of aromatic nitrogens is 5. The molecule has 0 fully saturated rings. The monoisotopic (exact) mass is 476 g/mol. The van der Waals surface area contributed by atoms with Crippen LogP contribution in [0.5, 0.6) is 0 Å². The minimum absolute atomic E-state index is 0.152. The second-order valence-electron chi connectivity index (χ2n) is 7.40. The Hall–Kier alpha value is -3.63. The number of fused-ring (bicyclic) bond motifs is 1. The Morgan fingerprint density at radius 1 is 1.12 bits per heavy atom. The largest absolute Gasteiger partial charge is 0.353 e. The lowest BCUT2D eigenvalue weighted by molar-refractivity contribution is -0.121. The Labute approximate surface area is 197 Å². The number of amides is 1. The lowest BCUT2D eigenvalue weighted by Gasteiger charge is -2.09. The molecule has 0 spiro atoms. The first-order valence-corrected chi connectivity index (χ1v) is 12.0. The normalized spacial score (nSPS) is 11.2. The zero-order valence-corrected chi connectivity index (χ0v) is 19.4. The molecule has 1 N–H and O–H groups in total. The Kier molecular flexibility index (Phi) is 5.84. The molecule has 5 aromatic rings. The van der Waals surface area contributed by atoms with E-state index in [1.54, 1.807) is 39.6 Å². The van der Waals surface area contributed by atoms with Crippen molar-refractivity contribution in [2.45, 2.75) is 20.0 Å². The van der Waals surface area contributed by atoms with Gasteiger partial charge in [0, 0.05) is 12.6 Å². The van der Waals surface area contributed by atoms with Crippen LogP contribution in [0.4, 0.5) is 0 Å². The fraction of sp³-hybridized carbons (Fsp3) is 0.174. The van der Waals surface area contributed by atoms with Crippen molar-refractivity contribution in [3.8, 4) is 20.5 Å². The van der Waals surface area contributed by atoms with Crippen LogP contribution in [0, 0.1) is 6.92 Å². The molecule has 166 valence electrons. The molecule has 0 aliphatic carbocycles. The number of hydrogen-bond acceptors (Lipinski definition) is 7. The molecule has 0 aliphatic heterocycles. The molecule has 0 saturated carbocycles. The van der Waals surface area contributed by atoms with Gasteiger partial charge in [0.25, 0.3) is 5.56 Å². The molecule has 8 nitrogen and oxygen atoms in total. The van der Waals surface area contributed by atoms with Gasteiger partial charge in [-0.1, -0.05) is 18.2 Å². The molecule has 0 radical (unpaired) electrons. The van der Waals surface area contributed by atoms with E-state index in [2.05, 4.69) is 20.4 Å². The first-order chi connectivity index (χ1) is 16.1. The highest BCUT2D eigenvalue weighted by atomic mass is 32.1. The minimum Gasteiger partial charge on any atom is -0.353 e. The summed E-state index contributed by atoms with van der Waals surface area (Å²) in [5.74, 6) is -0.152. The van der Waals surface area contributed by atoms with Crippen molar-refractivity contribution in [2.24, 2.45) is 0 Å². The number of benzene rings is 1. The van der Waals surface area contributed by atoms with Crippen LogP contribution in [0.3, 0.4) is 0 Å². The second-order valence-corrected chi connectivity index (χ2v) is 9.35. The average molecular weight is 477 g/mol. The molecular weight excluding hydrogens is 456 g/mol. The van der Waals surface area contributed by atoms with E-state index >= 15 is 0 Å².